The molecule has 0 heterocycles. The van der Waals surface area contributed by atoms with Crippen LogP contribution in [0.4, 0.5) is 0 Å². The normalized spacial score (nSPS) is 13.4. The molecule has 1 aliphatic carbocycles. The van der Waals surface area contributed by atoms with Gasteiger partial charge in [0.2, 0.25) is 0 Å². The molecule has 1 aliphatic rings. The minimum absolute atomic E-state index is 0.229. The van der Waals surface area contributed by atoms with Crippen molar-refractivity contribution in [1.82, 2.24) is 5.32 Å². The van der Waals surface area contributed by atoms with Crippen molar-refractivity contribution in [2.75, 3.05) is 7.11 Å². The molecule has 3 aromatic rings. The van der Waals surface area contributed by atoms with Crippen LogP contribution < -0.4 is 10.1 Å². The molecule has 4 rings (SSSR count). The number of hydrogen-bond donors (Lipinski definition) is 1. The van der Waals surface area contributed by atoms with E-state index in [1.807, 2.05) is 18.2 Å². The van der Waals surface area contributed by atoms with Gasteiger partial charge in [0.25, 0.3) is 0 Å². The van der Waals surface area contributed by atoms with E-state index in [4.69, 9.17) is 10.3 Å². The van der Waals surface area contributed by atoms with Gasteiger partial charge in [0.15, 0.2) is 0 Å². The summed E-state index contributed by atoms with van der Waals surface area (Å²) in [6, 6.07) is 17.5. The molecule has 0 radical (unpaired) electrons. The lowest BCUT2D eigenvalue weighted by Gasteiger charge is -2.18. The molecule has 0 amide bonds. The van der Waals surface area contributed by atoms with E-state index in [1.54, 1.807) is 7.11 Å². The van der Waals surface area contributed by atoms with Crippen molar-refractivity contribution in [2.45, 2.75) is 38.9 Å². The van der Waals surface area contributed by atoms with E-state index in [-0.39, 0.29) is 12.6 Å². The molecule has 1 unspecified atom stereocenters. The number of benzene rings is 3. The summed E-state index contributed by atoms with van der Waals surface area (Å²) in [5.74, 6) is 0.747. The Bertz CT molecular complexity index is 1060. The van der Waals surface area contributed by atoms with Gasteiger partial charge in [-0.25, -0.2) is 0 Å². The van der Waals surface area contributed by atoms with Crippen molar-refractivity contribution in [3.8, 4) is 5.75 Å². The summed E-state index contributed by atoms with van der Waals surface area (Å²) in [5, 5.41) is 10.1. The van der Waals surface area contributed by atoms with E-state index in [0.717, 1.165) is 36.3 Å². The van der Waals surface area contributed by atoms with Gasteiger partial charge in [-0.05, 0) is 64.4 Å². The summed E-state index contributed by atoms with van der Waals surface area (Å²) >= 11 is 0. The number of nitrogens with one attached hydrogen (secondary N) is 1. The predicted octanol–water partition coefficient (Wildman–Crippen LogP) is 5.61. The molecule has 0 bridgehead atoms. The molecule has 1 N–H and O–H groups in total. The maximum atomic E-state index is 8.60. The number of nitrogens with zero attached hydrogens (tertiary/aromatic N) is 3. The van der Waals surface area contributed by atoms with E-state index in [0.29, 0.717) is 0 Å². The van der Waals surface area contributed by atoms with Gasteiger partial charge in [0.05, 0.1) is 13.7 Å². The predicted molar refractivity (Wildman–Crippen MR) is 112 cm³/mol. The fraction of sp³-hybridized carbons (Fsp3) is 0.304. The smallest absolute Gasteiger partial charge is 0.122 e. The van der Waals surface area contributed by atoms with Crippen LogP contribution in [-0.4, -0.2) is 7.11 Å². The van der Waals surface area contributed by atoms with Crippen LogP contribution in [0.2, 0.25) is 0 Å². The van der Waals surface area contributed by atoms with Crippen LogP contribution in [0.15, 0.2) is 53.6 Å². The van der Waals surface area contributed by atoms with Crippen LogP contribution in [0.5, 0.6) is 5.75 Å². The summed E-state index contributed by atoms with van der Waals surface area (Å²) in [6.45, 7) is 3.23. The highest BCUT2D eigenvalue weighted by atomic mass is 16.5. The number of aryl methyl sites for hydroxylation is 2. The molecule has 0 fully saturated rings. The Kier molecular flexibility index (Phi) is 5.20. The third-order valence-corrected chi connectivity index (χ3v) is 5.64. The van der Waals surface area contributed by atoms with Crippen LogP contribution in [0.3, 0.4) is 0 Å². The first kappa shape index (κ1) is 18.4. The summed E-state index contributed by atoms with van der Waals surface area (Å²) in [5.41, 5.74) is 14.9. The molecule has 0 aliphatic heterocycles. The van der Waals surface area contributed by atoms with Crippen LogP contribution in [-0.2, 0) is 25.9 Å². The van der Waals surface area contributed by atoms with Crippen molar-refractivity contribution in [3.63, 3.8) is 0 Å². The zero-order chi connectivity index (χ0) is 19.5. The van der Waals surface area contributed by atoms with E-state index < -0.39 is 0 Å². The van der Waals surface area contributed by atoms with Gasteiger partial charge in [-0.15, -0.1) is 0 Å². The number of methoxy groups -OCH3 is 1. The highest BCUT2D eigenvalue weighted by Gasteiger charge is 2.18. The van der Waals surface area contributed by atoms with E-state index in [1.165, 1.54) is 27.5 Å². The van der Waals surface area contributed by atoms with Crippen molar-refractivity contribution in [1.29, 1.82) is 0 Å². The van der Waals surface area contributed by atoms with Gasteiger partial charge < -0.3 is 10.1 Å². The van der Waals surface area contributed by atoms with Crippen LogP contribution >= 0.6 is 0 Å². The molecule has 0 saturated carbocycles. The lowest BCUT2D eigenvalue weighted by molar-refractivity contribution is 0.409. The zero-order valence-corrected chi connectivity index (χ0v) is 16.3. The molecule has 0 aromatic heterocycles. The number of hydrogen-bond acceptors (Lipinski definition) is 3. The largest absolute Gasteiger partial charge is 0.496 e. The molecule has 1 atom stereocenters. The van der Waals surface area contributed by atoms with Crippen LogP contribution in [0, 0.1) is 0 Å². The lowest BCUT2D eigenvalue weighted by Crippen LogP contribution is -2.18. The van der Waals surface area contributed by atoms with Crippen LogP contribution in [0.25, 0.3) is 21.2 Å². The minimum atomic E-state index is 0.229. The fourth-order valence-corrected chi connectivity index (χ4v) is 4.20. The van der Waals surface area contributed by atoms with Gasteiger partial charge in [0.1, 0.15) is 5.75 Å². The van der Waals surface area contributed by atoms with Crippen molar-refractivity contribution >= 4 is 10.8 Å². The molecule has 142 valence electrons. The summed E-state index contributed by atoms with van der Waals surface area (Å²) in [7, 11) is 1.63. The highest BCUT2D eigenvalue weighted by molar-refractivity contribution is 5.93. The van der Waals surface area contributed by atoms with E-state index >= 15 is 0 Å². The first-order valence-corrected chi connectivity index (χ1v) is 9.64. The molecule has 0 spiro atoms. The Morgan fingerprint density at radius 2 is 1.96 bits per heavy atom. The Morgan fingerprint density at radius 3 is 2.75 bits per heavy atom. The second kappa shape index (κ2) is 7.93. The first-order chi connectivity index (χ1) is 13.7. The maximum absolute atomic E-state index is 8.60. The number of azide groups is 1. The molecule has 0 saturated heterocycles. The van der Waals surface area contributed by atoms with Gasteiger partial charge in [-0.2, -0.15) is 0 Å². The van der Waals surface area contributed by atoms with Gasteiger partial charge in [-0.3, -0.25) is 0 Å². The van der Waals surface area contributed by atoms with Gasteiger partial charge >= 0.3 is 0 Å². The third-order valence-electron chi connectivity index (χ3n) is 5.64. The Labute approximate surface area is 165 Å². The summed E-state index contributed by atoms with van der Waals surface area (Å²) in [6.07, 6.45) is 2.30. The maximum Gasteiger partial charge on any atom is 0.122 e. The summed E-state index contributed by atoms with van der Waals surface area (Å²) < 4.78 is 5.37. The first-order valence-electron chi connectivity index (χ1n) is 9.64. The SMILES string of the molecule is COc1ccc(CNC(C)c2ccc3c4c(cccc24)CC3)cc1CN=[N+]=[N-]. The molecular weight excluding hydrogens is 348 g/mol. The summed E-state index contributed by atoms with van der Waals surface area (Å²) in [4.78, 5) is 2.85. The third kappa shape index (κ3) is 3.42. The highest BCUT2D eigenvalue weighted by Crippen LogP contribution is 2.35. The monoisotopic (exact) mass is 372 g/mol. The quantitative estimate of drug-likeness (QED) is 0.333. The standard InChI is InChI=1S/C23H24N4O/c1-15(20-10-9-18-8-7-17-4-3-5-21(20)23(17)18)25-13-16-6-11-22(28-2)19(12-16)14-26-27-24/h3-6,9-12,15,25H,7-8,13-14H2,1-2H3. The zero-order valence-electron chi connectivity index (χ0n) is 16.3. The van der Waals surface area contributed by atoms with Crippen molar-refractivity contribution in [2.24, 2.45) is 5.11 Å². The average molecular weight is 372 g/mol. The topological polar surface area (TPSA) is 70.0 Å². The molecule has 5 heteroatoms. The second-order valence-electron chi connectivity index (χ2n) is 7.29. The Balaban J connectivity index is 1.55. The minimum Gasteiger partial charge on any atom is -0.496 e. The lowest BCUT2D eigenvalue weighted by atomic mass is 9.96. The fourth-order valence-electron chi connectivity index (χ4n) is 4.20. The number of rotatable bonds is 7. The Hall–Kier alpha value is -3.01. The van der Waals surface area contributed by atoms with Crippen molar-refractivity contribution < 1.29 is 4.74 Å². The van der Waals surface area contributed by atoms with Crippen LogP contribution in [0.1, 0.15) is 40.8 Å². The average Bonchev–Trinajstić information content (AvgIpc) is 3.16. The molecule has 5 nitrogen and oxygen atoms in total. The number of ether oxygens (including phenoxy) is 1. The molecule has 28 heavy (non-hydrogen) atoms. The van der Waals surface area contributed by atoms with Crippen molar-refractivity contribution in [3.05, 3.63) is 86.8 Å². The van der Waals surface area contributed by atoms with Gasteiger partial charge in [-0.1, -0.05) is 47.6 Å². The van der Waals surface area contributed by atoms with E-state index in [2.05, 4.69) is 52.6 Å². The second-order valence-corrected chi connectivity index (χ2v) is 7.29. The van der Waals surface area contributed by atoms with Gasteiger partial charge in [0, 0.05) is 23.1 Å². The van der Waals surface area contributed by atoms with E-state index in [9.17, 15) is 0 Å². The Morgan fingerprint density at radius 1 is 1.14 bits per heavy atom. The molecular formula is C23H24N4O. The molecule has 3 aromatic carbocycles.